The maximum absolute atomic E-state index is 12.6. The Kier molecular flexibility index (Phi) is 4.00. The third-order valence-electron chi connectivity index (χ3n) is 3.15. The lowest BCUT2D eigenvalue weighted by molar-refractivity contribution is 0.388. The number of sulfonamides is 1. The minimum Gasteiger partial charge on any atom is -0.398 e. The molecule has 0 spiro atoms. The summed E-state index contributed by atoms with van der Waals surface area (Å²) in [6, 6.07) is 6.24. The molecule has 2 rings (SSSR count). The summed E-state index contributed by atoms with van der Waals surface area (Å²) < 4.78 is 26.7. The van der Waals surface area contributed by atoms with Crippen molar-refractivity contribution in [3.05, 3.63) is 23.8 Å². The van der Waals surface area contributed by atoms with E-state index in [1.54, 1.807) is 11.8 Å². The third-order valence-corrected chi connectivity index (χ3v) is 6.36. The maximum atomic E-state index is 12.6. The van der Waals surface area contributed by atoms with Crippen LogP contribution in [0.4, 0.5) is 5.69 Å². The molecule has 0 bridgehead atoms. The molecule has 0 radical (unpaired) electrons. The largest absolute Gasteiger partial charge is 0.398 e. The lowest BCUT2D eigenvalue weighted by Gasteiger charge is -2.36. The number of nitrogens with two attached hydrogens (primary N) is 1. The van der Waals surface area contributed by atoms with Gasteiger partial charge in [0.05, 0.1) is 17.3 Å². The van der Waals surface area contributed by atoms with E-state index in [1.165, 1.54) is 22.5 Å². The smallest absolute Gasteiger partial charge is 0.245 e. The van der Waals surface area contributed by atoms with Gasteiger partial charge in [-0.05, 0) is 32.0 Å². The van der Waals surface area contributed by atoms with Crippen molar-refractivity contribution in [2.24, 2.45) is 0 Å². The van der Waals surface area contributed by atoms with Gasteiger partial charge in [-0.25, -0.2) is 8.42 Å². The Bertz CT molecular complexity index is 663. The molecule has 1 aromatic carbocycles. The molecule has 1 aliphatic heterocycles. The van der Waals surface area contributed by atoms with Gasteiger partial charge in [0.2, 0.25) is 10.0 Å². The normalized spacial score (nSPS) is 19.4. The zero-order valence-electron chi connectivity index (χ0n) is 11.5. The topological polar surface area (TPSA) is 87.2 Å². The fourth-order valence-corrected chi connectivity index (χ4v) is 5.18. The molecule has 108 valence electrons. The number of thioether (sulfide) groups is 1. The Hall–Kier alpha value is -1.23. The third kappa shape index (κ3) is 2.92. The number of anilines is 1. The number of benzene rings is 1. The van der Waals surface area contributed by atoms with Gasteiger partial charge in [0.25, 0.3) is 0 Å². The molecule has 1 aliphatic rings. The molecule has 0 unspecified atom stereocenters. The average Bonchev–Trinajstić information content (AvgIpc) is 2.37. The first-order chi connectivity index (χ1) is 9.26. The molecule has 1 saturated heterocycles. The second-order valence-electron chi connectivity index (χ2n) is 5.31. The molecule has 1 heterocycles. The van der Waals surface area contributed by atoms with Gasteiger partial charge in [0, 0.05) is 23.6 Å². The van der Waals surface area contributed by atoms with E-state index in [9.17, 15) is 8.42 Å². The monoisotopic (exact) mass is 311 g/mol. The van der Waals surface area contributed by atoms with Crippen LogP contribution in [0.5, 0.6) is 0 Å². The Labute approximate surface area is 123 Å². The van der Waals surface area contributed by atoms with Crippen molar-refractivity contribution in [2.75, 3.05) is 24.6 Å². The first-order valence-corrected chi connectivity index (χ1v) is 8.62. The SMILES string of the molecule is CC1(C)CN(S(=O)(=O)c2ccc(C#N)cc2N)CCS1. The molecule has 0 aliphatic carbocycles. The van der Waals surface area contributed by atoms with E-state index < -0.39 is 10.0 Å². The van der Waals surface area contributed by atoms with Crippen LogP contribution in [0.15, 0.2) is 23.1 Å². The van der Waals surface area contributed by atoms with Crippen LogP contribution in [0.25, 0.3) is 0 Å². The summed E-state index contributed by atoms with van der Waals surface area (Å²) in [6.07, 6.45) is 0. The van der Waals surface area contributed by atoms with Crippen LogP contribution >= 0.6 is 11.8 Å². The van der Waals surface area contributed by atoms with E-state index in [0.717, 1.165) is 5.75 Å². The number of hydrogen-bond donors (Lipinski definition) is 1. The van der Waals surface area contributed by atoms with Crippen LogP contribution in [-0.2, 0) is 10.0 Å². The number of rotatable bonds is 2. The Morgan fingerprint density at radius 3 is 2.70 bits per heavy atom. The van der Waals surface area contributed by atoms with E-state index in [2.05, 4.69) is 0 Å². The summed E-state index contributed by atoms with van der Waals surface area (Å²) in [5.74, 6) is 0.766. The number of nitrogens with zero attached hydrogens (tertiary/aromatic N) is 2. The molecule has 5 nitrogen and oxygen atoms in total. The number of nitriles is 1. The molecule has 0 atom stereocenters. The first-order valence-electron chi connectivity index (χ1n) is 6.20. The van der Waals surface area contributed by atoms with E-state index in [4.69, 9.17) is 11.0 Å². The van der Waals surface area contributed by atoms with Crippen molar-refractivity contribution < 1.29 is 8.42 Å². The van der Waals surface area contributed by atoms with Crippen molar-refractivity contribution in [1.29, 1.82) is 5.26 Å². The van der Waals surface area contributed by atoms with Gasteiger partial charge in [-0.2, -0.15) is 21.3 Å². The van der Waals surface area contributed by atoms with Crippen LogP contribution < -0.4 is 5.73 Å². The van der Waals surface area contributed by atoms with Crippen LogP contribution in [0.2, 0.25) is 0 Å². The summed E-state index contributed by atoms with van der Waals surface area (Å²) in [5.41, 5.74) is 6.28. The zero-order chi connectivity index (χ0) is 15.0. The molecule has 0 aromatic heterocycles. The van der Waals surface area contributed by atoms with Gasteiger partial charge in [0.15, 0.2) is 0 Å². The van der Waals surface area contributed by atoms with Crippen molar-refractivity contribution in [3.8, 4) is 6.07 Å². The lowest BCUT2D eigenvalue weighted by atomic mass is 10.2. The minimum atomic E-state index is -3.60. The predicted molar refractivity (Wildman–Crippen MR) is 80.9 cm³/mol. The van der Waals surface area contributed by atoms with E-state index in [1.807, 2.05) is 19.9 Å². The Morgan fingerprint density at radius 2 is 2.15 bits per heavy atom. The van der Waals surface area contributed by atoms with E-state index in [-0.39, 0.29) is 15.3 Å². The summed E-state index contributed by atoms with van der Waals surface area (Å²) >= 11 is 1.77. The van der Waals surface area contributed by atoms with Crippen molar-refractivity contribution in [3.63, 3.8) is 0 Å². The predicted octanol–water partition coefficient (Wildman–Crippen LogP) is 1.66. The maximum Gasteiger partial charge on any atom is 0.245 e. The summed E-state index contributed by atoms with van der Waals surface area (Å²) in [4.78, 5) is 0.0826. The van der Waals surface area contributed by atoms with Crippen molar-refractivity contribution in [1.82, 2.24) is 4.31 Å². The van der Waals surface area contributed by atoms with Gasteiger partial charge in [-0.1, -0.05) is 0 Å². The van der Waals surface area contributed by atoms with Gasteiger partial charge in [-0.15, -0.1) is 0 Å². The molecule has 2 N–H and O–H groups in total. The molecule has 7 heteroatoms. The number of nitrogen functional groups attached to an aromatic ring is 1. The van der Waals surface area contributed by atoms with Gasteiger partial charge < -0.3 is 5.73 Å². The molecule has 20 heavy (non-hydrogen) atoms. The highest BCUT2D eigenvalue weighted by Crippen LogP contribution is 2.33. The molecular weight excluding hydrogens is 294 g/mol. The zero-order valence-corrected chi connectivity index (χ0v) is 13.1. The highest BCUT2D eigenvalue weighted by molar-refractivity contribution is 8.00. The highest BCUT2D eigenvalue weighted by atomic mass is 32.2. The van der Waals surface area contributed by atoms with E-state index >= 15 is 0 Å². The van der Waals surface area contributed by atoms with Crippen LogP contribution in [0.3, 0.4) is 0 Å². The molecular formula is C13H17N3O2S2. The molecule has 0 amide bonds. The minimum absolute atomic E-state index is 0.0826. The summed E-state index contributed by atoms with van der Waals surface area (Å²) in [6.45, 7) is 5.00. The van der Waals surface area contributed by atoms with Crippen LogP contribution in [0, 0.1) is 11.3 Å². The molecule has 1 fully saturated rings. The fourth-order valence-electron chi connectivity index (χ4n) is 2.17. The van der Waals surface area contributed by atoms with Gasteiger partial charge in [0.1, 0.15) is 4.90 Å². The molecule has 1 aromatic rings. The van der Waals surface area contributed by atoms with Crippen molar-refractivity contribution in [2.45, 2.75) is 23.5 Å². The van der Waals surface area contributed by atoms with Gasteiger partial charge in [-0.3, -0.25) is 0 Å². The Balaban J connectivity index is 2.38. The summed E-state index contributed by atoms with van der Waals surface area (Å²) in [5, 5.41) is 8.80. The lowest BCUT2D eigenvalue weighted by Crippen LogP contribution is -2.46. The van der Waals surface area contributed by atoms with Crippen LogP contribution in [-0.4, -0.2) is 36.3 Å². The quantitative estimate of drug-likeness (QED) is 0.839. The van der Waals surface area contributed by atoms with Crippen molar-refractivity contribution >= 4 is 27.5 Å². The standard InChI is InChI=1S/C13H17N3O2S2/c1-13(2)9-16(5-6-19-13)20(17,18)12-4-3-10(8-14)7-11(12)15/h3-4,7H,5-6,9,15H2,1-2H3. The van der Waals surface area contributed by atoms with Gasteiger partial charge >= 0.3 is 0 Å². The second-order valence-corrected chi connectivity index (χ2v) is 9.02. The van der Waals surface area contributed by atoms with Crippen LogP contribution in [0.1, 0.15) is 19.4 Å². The number of hydrogen-bond acceptors (Lipinski definition) is 5. The molecule has 0 saturated carbocycles. The average molecular weight is 311 g/mol. The fraction of sp³-hybridized carbons (Fsp3) is 0.462. The highest BCUT2D eigenvalue weighted by Gasteiger charge is 2.35. The van der Waals surface area contributed by atoms with E-state index in [0.29, 0.717) is 18.7 Å². The second kappa shape index (κ2) is 5.28. The summed E-state index contributed by atoms with van der Waals surface area (Å²) in [7, 11) is -3.60. The first kappa shape index (κ1) is 15.2. The Morgan fingerprint density at radius 1 is 1.45 bits per heavy atom.